The molecule has 0 bridgehead atoms. The maximum atomic E-state index is 11.2. The number of halogens is 1. The maximum Gasteiger partial charge on any atom is 0.330 e. The predicted octanol–water partition coefficient (Wildman–Crippen LogP) is 3.91. The highest BCUT2D eigenvalue weighted by Gasteiger charge is 2.16. The zero-order valence-corrected chi connectivity index (χ0v) is 10.0. The molecule has 1 aromatic carbocycles. The summed E-state index contributed by atoms with van der Waals surface area (Å²) >= 11 is 6.06. The summed E-state index contributed by atoms with van der Waals surface area (Å²) in [5, 5.41) is 0.623. The highest BCUT2D eigenvalue weighted by Crippen LogP contribution is 2.29. The molecule has 16 heavy (non-hydrogen) atoms. The Labute approximate surface area is 101 Å². The Morgan fingerprint density at radius 2 is 2.25 bits per heavy atom. The number of carbonyl (C=O) groups is 1. The van der Waals surface area contributed by atoms with Crippen LogP contribution in [0.5, 0.6) is 0 Å². The molecule has 1 unspecified atom stereocenters. The summed E-state index contributed by atoms with van der Waals surface area (Å²) < 4.78 is 5.27. The normalized spacial score (nSPS) is 11.9. The van der Waals surface area contributed by atoms with Gasteiger partial charge in [-0.15, -0.1) is 0 Å². The first kappa shape index (κ1) is 12.8. The van der Waals surface area contributed by atoms with Gasteiger partial charge in [-0.2, -0.15) is 0 Å². The summed E-state index contributed by atoms with van der Waals surface area (Å²) in [5.74, 6) is -0.418. The van der Waals surface area contributed by atoms with Crippen molar-refractivity contribution in [3.8, 4) is 0 Å². The Morgan fingerprint density at radius 3 is 2.81 bits per heavy atom. The zero-order chi connectivity index (χ0) is 12.0. The summed E-state index contributed by atoms with van der Waals surface area (Å²) in [6, 6.07) is 7.40. The van der Waals surface area contributed by atoms with Crippen LogP contribution in [0.15, 0.2) is 36.9 Å². The van der Waals surface area contributed by atoms with Gasteiger partial charge in [-0.25, -0.2) is 4.79 Å². The lowest BCUT2D eigenvalue weighted by Gasteiger charge is -2.17. The molecule has 0 fully saturated rings. The van der Waals surface area contributed by atoms with Gasteiger partial charge in [0.2, 0.25) is 0 Å². The molecule has 3 heteroatoms. The van der Waals surface area contributed by atoms with Gasteiger partial charge in [-0.3, -0.25) is 0 Å². The SMILES string of the molecule is C=CC(=O)OC(CCC)c1ccccc1Cl. The van der Waals surface area contributed by atoms with E-state index in [1.807, 2.05) is 25.1 Å². The van der Waals surface area contributed by atoms with Crippen LogP contribution in [0.25, 0.3) is 0 Å². The Bertz CT molecular complexity index is 374. The maximum absolute atomic E-state index is 11.2. The van der Waals surface area contributed by atoms with E-state index in [-0.39, 0.29) is 6.10 Å². The summed E-state index contributed by atoms with van der Waals surface area (Å²) in [5.41, 5.74) is 0.848. The summed E-state index contributed by atoms with van der Waals surface area (Å²) in [6.45, 7) is 5.42. The Kier molecular flexibility index (Phi) is 5.06. The van der Waals surface area contributed by atoms with Crippen molar-refractivity contribution >= 4 is 17.6 Å². The second kappa shape index (κ2) is 6.33. The Balaban J connectivity index is 2.88. The second-order valence-electron chi connectivity index (χ2n) is 3.44. The lowest BCUT2D eigenvalue weighted by Crippen LogP contribution is -2.09. The molecular weight excluding hydrogens is 224 g/mol. The Hall–Kier alpha value is -1.28. The van der Waals surface area contributed by atoms with Crippen molar-refractivity contribution in [2.24, 2.45) is 0 Å². The van der Waals surface area contributed by atoms with E-state index >= 15 is 0 Å². The Morgan fingerprint density at radius 1 is 1.56 bits per heavy atom. The summed E-state index contributed by atoms with van der Waals surface area (Å²) in [6.07, 6.45) is 2.55. The number of hydrogen-bond acceptors (Lipinski definition) is 2. The van der Waals surface area contributed by atoms with Crippen LogP contribution >= 0.6 is 11.6 Å². The van der Waals surface area contributed by atoms with Crippen LogP contribution < -0.4 is 0 Å². The fourth-order valence-corrected chi connectivity index (χ4v) is 1.72. The minimum Gasteiger partial charge on any atom is -0.454 e. The van der Waals surface area contributed by atoms with Crippen molar-refractivity contribution in [2.45, 2.75) is 25.9 Å². The number of carbonyl (C=O) groups excluding carboxylic acids is 1. The van der Waals surface area contributed by atoms with Gasteiger partial charge >= 0.3 is 5.97 Å². The molecule has 0 heterocycles. The van der Waals surface area contributed by atoms with Gasteiger partial charge in [0.1, 0.15) is 6.10 Å². The molecule has 86 valence electrons. The van der Waals surface area contributed by atoms with Crippen molar-refractivity contribution in [1.82, 2.24) is 0 Å². The molecule has 0 aliphatic carbocycles. The van der Waals surface area contributed by atoms with Gasteiger partial charge < -0.3 is 4.74 Å². The second-order valence-corrected chi connectivity index (χ2v) is 3.85. The van der Waals surface area contributed by atoms with Crippen molar-refractivity contribution in [3.63, 3.8) is 0 Å². The minimum atomic E-state index is -0.418. The summed E-state index contributed by atoms with van der Waals surface area (Å²) in [4.78, 5) is 11.2. The fraction of sp³-hybridized carbons (Fsp3) is 0.308. The third-order valence-electron chi connectivity index (χ3n) is 2.23. The molecule has 0 aromatic heterocycles. The molecule has 0 saturated heterocycles. The quantitative estimate of drug-likeness (QED) is 0.574. The topological polar surface area (TPSA) is 26.3 Å². The van der Waals surface area contributed by atoms with Crippen molar-refractivity contribution in [2.75, 3.05) is 0 Å². The molecule has 0 spiro atoms. The van der Waals surface area contributed by atoms with Crippen LogP contribution in [-0.2, 0) is 9.53 Å². The van der Waals surface area contributed by atoms with E-state index in [0.717, 1.165) is 18.4 Å². The van der Waals surface area contributed by atoms with Gasteiger partial charge in [-0.1, -0.05) is 49.7 Å². The predicted molar refractivity (Wildman–Crippen MR) is 65.4 cm³/mol. The average Bonchev–Trinajstić information content (AvgIpc) is 2.29. The minimum absolute atomic E-state index is 0.288. The molecule has 2 nitrogen and oxygen atoms in total. The number of ether oxygens (including phenoxy) is 1. The van der Waals surface area contributed by atoms with E-state index in [1.165, 1.54) is 6.08 Å². The molecule has 1 aromatic rings. The lowest BCUT2D eigenvalue weighted by molar-refractivity contribution is -0.143. The third-order valence-corrected chi connectivity index (χ3v) is 2.57. The summed E-state index contributed by atoms with van der Waals surface area (Å²) in [7, 11) is 0. The van der Waals surface area contributed by atoms with Gasteiger partial charge in [-0.05, 0) is 12.5 Å². The van der Waals surface area contributed by atoms with E-state index in [0.29, 0.717) is 5.02 Å². The number of rotatable bonds is 5. The molecule has 0 N–H and O–H groups in total. The highest BCUT2D eigenvalue weighted by atomic mass is 35.5. The molecule has 0 amide bonds. The number of benzene rings is 1. The largest absolute Gasteiger partial charge is 0.454 e. The van der Waals surface area contributed by atoms with Gasteiger partial charge in [0.25, 0.3) is 0 Å². The van der Waals surface area contributed by atoms with Crippen molar-refractivity contribution in [1.29, 1.82) is 0 Å². The first-order valence-electron chi connectivity index (χ1n) is 5.26. The first-order chi connectivity index (χ1) is 7.69. The number of hydrogen-bond donors (Lipinski definition) is 0. The fourth-order valence-electron chi connectivity index (χ4n) is 1.46. The lowest BCUT2D eigenvalue weighted by atomic mass is 10.1. The molecule has 0 aliphatic heterocycles. The average molecular weight is 239 g/mol. The number of esters is 1. The molecule has 0 saturated carbocycles. The monoisotopic (exact) mass is 238 g/mol. The molecule has 0 radical (unpaired) electrons. The van der Waals surface area contributed by atoms with Crippen molar-refractivity contribution < 1.29 is 9.53 Å². The van der Waals surface area contributed by atoms with E-state index < -0.39 is 5.97 Å². The highest BCUT2D eigenvalue weighted by molar-refractivity contribution is 6.31. The van der Waals surface area contributed by atoms with Gasteiger partial charge in [0.15, 0.2) is 0 Å². The van der Waals surface area contributed by atoms with Crippen LogP contribution in [0.4, 0.5) is 0 Å². The molecular formula is C13H15ClO2. The van der Waals surface area contributed by atoms with E-state index in [4.69, 9.17) is 16.3 Å². The van der Waals surface area contributed by atoms with E-state index in [9.17, 15) is 4.79 Å². The molecule has 1 rings (SSSR count). The van der Waals surface area contributed by atoms with Crippen LogP contribution in [-0.4, -0.2) is 5.97 Å². The van der Waals surface area contributed by atoms with Crippen LogP contribution in [0.2, 0.25) is 5.02 Å². The van der Waals surface area contributed by atoms with E-state index in [2.05, 4.69) is 6.58 Å². The van der Waals surface area contributed by atoms with Crippen molar-refractivity contribution in [3.05, 3.63) is 47.5 Å². The molecule has 1 atom stereocenters. The van der Waals surface area contributed by atoms with E-state index in [1.54, 1.807) is 6.07 Å². The smallest absolute Gasteiger partial charge is 0.330 e. The zero-order valence-electron chi connectivity index (χ0n) is 9.28. The van der Waals surface area contributed by atoms with Crippen LogP contribution in [0.1, 0.15) is 31.4 Å². The standard InChI is InChI=1S/C13H15ClO2/c1-3-7-12(16-13(15)4-2)10-8-5-6-9-11(10)14/h4-6,8-9,12H,2-3,7H2,1H3. The van der Waals surface area contributed by atoms with Gasteiger partial charge in [0, 0.05) is 16.7 Å². The van der Waals surface area contributed by atoms with Crippen LogP contribution in [0, 0.1) is 0 Å². The first-order valence-corrected chi connectivity index (χ1v) is 5.64. The third kappa shape index (κ3) is 3.38. The van der Waals surface area contributed by atoms with Crippen LogP contribution in [0.3, 0.4) is 0 Å². The van der Waals surface area contributed by atoms with Gasteiger partial charge in [0.05, 0.1) is 0 Å². The molecule has 0 aliphatic rings.